The number of carbonyl (C=O) groups excluding carboxylic acids is 1. The van der Waals surface area contributed by atoms with E-state index in [1.807, 2.05) is 13.0 Å². The molecule has 0 aliphatic heterocycles. The van der Waals surface area contributed by atoms with Crippen LogP contribution < -0.4 is 5.73 Å². The van der Waals surface area contributed by atoms with Gasteiger partial charge in [-0.2, -0.15) is 0 Å². The highest BCUT2D eigenvalue weighted by Crippen LogP contribution is 2.34. The van der Waals surface area contributed by atoms with Crippen molar-refractivity contribution in [1.82, 2.24) is 0 Å². The van der Waals surface area contributed by atoms with Crippen LogP contribution in [-0.2, 0) is 16.1 Å². The van der Waals surface area contributed by atoms with Crippen molar-refractivity contribution in [3.05, 3.63) is 52.8 Å². The Morgan fingerprint density at radius 2 is 1.92 bits per heavy atom. The summed E-state index contributed by atoms with van der Waals surface area (Å²) in [5, 5.41) is 9.94. The molecule has 0 bridgehead atoms. The molecule has 2 aromatic carbocycles. The SMILES string of the molecule is CCOC(C)=O.Cc1cc(-c2c(C)cccc2O)cc(CN)c1F. The number of aromatic hydroxyl groups is 1. The number of hydrogen-bond donors (Lipinski definition) is 2. The molecule has 0 saturated carbocycles. The topological polar surface area (TPSA) is 72.5 Å². The van der Waals surface area contributed by atoms with Crippen molar-refractivity contribution >= 4 is 5.97 Å². The standard InChI is InChI=1S/C15H16FNO.C4H8O2/c1-9-4-3-5-13(18)14(9)11-6-10(2)15(16)12(7-11)8-17;1-3-6-4(2)5/h3-7,18H,8,17H2,1-2H3;3H2,1-2H3. The van der Waals surface area contributed by atoms with Crippen molar-refractivity contribution in [2.75, 3.05) is 6.61 Å². The van der Waals surface area contributed by atoms with E-state index < -0.39 is 0 Å². The first-order chi connectivity index (χ1) is 11.3. The third-order valence-corrected chi connectivity index (χ3v) is 3.44. The van der Waals surface area contributed by atoms with Crippen LogP contribution in [-0.4, -0.2) is 17.7 Å². The normalized spacial score (nSPS) is 9.92. The number of benzene rings is 2. The summed E-state index contributed by atoms with van der Waals surface area (Å²) in [5.74, 6) is -0.282. The lowest BCUT2D eigenvalue weighted by Gasteiger charge is -2.12. The maximum Gasteiger partial charge on any atom is 0.302 e. The number of carbonyl (C=O) groups is 1. The van der Waals surface area contributed by atoms with Gasteiger partial charge in [-0.3, -0.25) is 4.79 Å². The molecule has 0 amide bonds. The first-order valence-electron chi connectivity index (χ1n) is 7.73. The summed E-state index contributed by atoms with van der Waals surface area (Å²) in [6, 6.07) is 8.76. The van der Waals surface area contributed by atoms with E-state index in [4.69, 9.17) is 5.73 Å². The third-order valence-electron chi connectivity index (χ3n) is 3.44. The molecule has 2 rings (SSSR count). The lowest BCUT2D eigenvalue weighted by molar-refractivity contribution is -0.140. The molecule has 0 heterocycles. The van der Waals surface area contributed by atoms with Gasteiger partial charge in [0, 0.05) is 24.6 Å². The second-order valence-corrected chi connectivity index (χ2v) is 5.36. The van der Waals surface area contributed by atoms with E-state index in [2.05, 4.69) is 4.74 Å². The predicted octanol–water partition coefficient (Wildman–Crippen LogP) is 3.84. The second-order valence-electron chi connectivity index (χ2n) is 5.36. The first kappa shape index (κ1) is 19.6. The van der Waals surface area contributed by atoms with Crippen LogP contribution in [0.1, 0.15) is 30.5 Å². The Morgan fingerprint density at radius 1 is 1.25 bits per heavy atom. The minimum atomic E-state index is -0.269. The first-order valence-corrected chi connectivity index (χ1v) is 7.73. The minimum absolute atomic E-state index is 0.146. The van der Waals surface area contributed by atoms with E-state index in [0.717, 1.165) is 16.7 Å². The molecule has 0 aliphatic rings. The van der Waals surface area contributed by atoms with Crippen LogP contribution >= 0.6 is 0 Å². The quantitative estimate of drug-likeness (QED) is 0.837. The number of nitrogens with two attached hydrogens (primary N) is 1. The highest BCUT2D eigenvalue weighted by Gasteiger charge is 2.12. The highest BCUT2D eigenvalue weighted by atomic mass is 19.1. The maximum atomic E-state index is 13.8. The summed E-state index contributed by atoms with van der Waals surface area (Å²) in [6.07, 6.45) is 0. The van der Waals surface area contributed by atoms with E-state index >= 15 is 0 Å². The van der Waals surface area contributed by atoms with Crippen LogP contribution in [0.15, 0.2) is 30.3 Å². The average Bonchev–Trinajstić information content (AvgIpc) is 2.50. The van der Waals surface area contributed by atoms with Gasteiger partial charge >= 0.3 is 5.97 Å². The van der Waals surface area contributed by atoms with E-state index in [0.29, 0.717) is 17.7 Å². The van der Waals surface area contributed by atoms with Gasteiger partial charge in [0.1, 0.15) is 11.6 Å². The Balaban J connectivity index is 0.000000413. The summed E-state index contributed by atoms with van der Waals surface area (Å²) in [5.41, 5.74) is 9.02. The Hall–Kier alpha value is -2.40. The number of esters is 1. The molecule has 2 aromatic rings. The van der Waals surface area contributed by atoms with Crippen molar-refractivity contribution in [2.24, 2.45) is 5.73 Å². The fourth-order valence-corrected chi connectivity index (χ4v) is 2.37. The molecule has 0 aromatic heterocycles. The summed E-state index contributed by atoms with van der Waals surface area (Å²) in [6.45, 7) is 7.41. The second kappa shape index (κ2) is 9.03. The smallest absolute Gasteiger partial charge is 0.302 e. The van der Waals surface area contributed by atoms with Gasteiger partial charge in [-0.15, -0.1) is 0 Å². The zero-order valence-electron chi connectivity index (χ0n) is 14.5. The number of phenolic OH excluding ortho intramolecular Hbond substituents is 1. The van der Waals surface area contributed by atoms with Gasteiger partial charge in [0.25, 0.3) is 0 Å². The zero-order valence-corrected chi connectivity index (χ0v) is 14.5. The molecule has 5 heteroatoms. The molecule has 0 spiro atoms. The fraction of sp³-hybridized carbons (Fsp3) is 0.316. The number of ether oxygens (including phenoxy) is 1. The molecule has 0 unspecified atom stereocenters. The molecule has 0 aliphatic carbocycles. The van der Waals surface area contributed by atoms with Crippen molar-refractivity contribution in [2.45, 2.75) is 34.2 Å². The van der Waals surface area contributed by atoms with Crippen molar-refractivity contribution in [3.63, 3.8) is 0 Å². The van der Waals surface area contributed by atoms with Crippen LogP contribution in [0.25, 0.3) is 11.1 Å². The van der Waals surface area contributed by atoms with Crippen LogP contribution in [0.4, 0.5) is 4.39 Å². The van der Waals surface area contributed by atoms with Crippen LogP contribution in [0, 0.1) is 19.7 Å². The molecular weight excluding hydrogens is 309 g/mol. The lowest BCUT2D eigenvalue weighted by Crippen LogP contribution is -2.02. The van der Waals surface area contributed by atoms with Crippen LogP contribution in [0.2, 0.25) is 0 Å². The fourth-order valence-electron chi connectivity index (χ4n) is 2.37. The minimum Gasteiger partial charge on any atom is -0.507 e. The Bertz CT molecular complexity index is 694. The lowest BCUT2D eigenvalue weighted by atomic mass is 9.95. The largest absolute Gasteiger partial charge is 0.507 e. The van der Waals surface area contributed by atoms with Gasteiger partial charge in [-0.25, -0.2) is 4.39 Å². The molecule has 0 atom stereocenters. The monoisotopic (exact) mass is 333 g/mol. The van der Waals surface area contributed by atoms with Gasteiger partial charge < -0.3 is 15.6 Å². The van der Waals surface area contributed by atoms with E-state index in [9.17, 15) is 14.3 Å². The van der Waals surface area contributed by atoms with Crippen molar-refractivity contribution in [1.29, 1.82) is 0 Å². The summed E-state index contributed by atoms with van der Waals surface area (Å²) < 4.78 is 18.2. The summed E-state index contributed by atoms with van der Waals surface area (Å²) >= 11 is 0. The van der Waals surface area contributed by atoms with Gasteiger partial charge in [0.2, 0.25) is 0 Å². The van der Waals surface area contributed by atoms with Gasteiger partial charge in [-0.05, 0) is 55.7 Å². The number of halogens is 1. The van der Waals surface area contributed by atoms with Gasteiger partial charge in [0.05, 0.1) is 6.61 Å². The molecule has 0 fully saturated rings. The zero-order chi connectivity index (χ0) is 18.3. The van der Waals surface area contributed by atoms with E-state index in [1.165, 1.54) is 6.92 Å². The molecule has 4 nitrogen and oxygen atoms in total. The average molecular weight is 333 g/mol. The molecular formula is C19H24FNO3. The maximum absolute atomic E-state index is 13.8. The van der Waals surface area contributed by atoms with Gasteiger partial charge in [0.15, 0.2) is 0 Å². The van der Waals surface area contributed by atoms with Crippen LogP contribution in [0.5, 0.6) is 5.75 Å². The predicted molar refractivity (Wildman–Crippen MR) is 93.2 cm³/mol. The number of rotatable bonds is 3. The van der Waals surface area contributed by atoms with Crippen molar-refractivity contribution < 1.29 is 19.0 Å². The number of phenols is 1. The van der Waals surface area contributed by atoms with E-state index in [1.54, 1.807) is 38.1 Å². The number of aryl methyl sites for hydroxylation is 2. The molecule has 0 saturated heterocycles. The molecule has 3 N–H and O–H groups in total. The van der Waals surface area contributed by atoms with Crippen molar-refractivity contribution in [3.8, 4) is 16.9 Å². The van der Waals surface area contributed by atoms with Gasteiger partial charge in [-0.1, -0.05) is 12.1 Å². The molecule has 24 heavy (non-hydrogen) atoms. The molecule has 0 radical (unpaired) electrons. The molecule has 130 valence electrons. The summed E-state index contributed by atoms with van der Waals surface area (Å²) in [7, 11) is 0. The Labute approximate surface area is 142 Å². The van der Waals surface area contributed by atoms with Crippen LogP contribution in [0.3, 0.4) is 0 Å². The Morgan fingerprint density at radius 3 is 2.38 bits per heavy atom. The highest BCUT2D eigenvalue weighted by molar-refractivity contribution is 5.74. The third kappa shape index (κ3) is 5.06. The summed E-state index contributed by atoms with van der Waals surface area (Å²) in [4.78, 5) is 9.82. The number of hydrogen-bond acceptors (Lipinski definition) is 4. The van der Waals surface area contributed by atoms with E-state index in [-0.39, 0.29) is 24.1 Å². The Kier molecular flexibility index (Phi) is 7.39.